The van der Waals surface area contributed by atoms with Gasteiger partial charge in [-0.2, -0.15) is 0 Å². The van der Waals surface area contributed by atoms with Crippen LogP contribution in [0.2, 0.25) is 0 Å². The van der Waals surface area contributed by atoms with Gasteiger partial charge >= 0.3 is 0 Å². The van der Waals surface area contributed by atoms with Gasteiger partial charge in [0.05, 0.1) is 5.56 Å². The van der Waals surface area contributed by atoms with Gasteiger partial charge in [-0.1, -0.05) is 0 Å². The molecule has 26 heavy (non-hydrogen) atoms. The second-order valence-corrected chi connectivity index (χ2v) is 8.17. The first-order valence-corrected chi connectivity index (χ1v) is 10.2. The highest BCUT2D eigenvalue weighted by molar-refractivity contribution is 7.10. The van der Waals surface area contributed by atoms with E-state index < -0.39 is 0 Å². The number of nitrogens with zero attached hydrogens (tertiary/aromatic N) is 3. The van der Waals surface area contributed by atoms with Crippen molar-refractivity contribution in [3.63, 3.8) is 0 Å². The van der Waals surface area contributed by atoms with Gasteiger partial charge in [-0.25, -0.2) is 4.98 Å². The van der Waals surface area contributed by atoms with Crippen LogP contribution in [0.5, 0.6) is 0 Å². The van der Waals surface area contributed by atoms with Crippen LogP contribution in [0.1, 0.15) is 58.2 Å². The average Bonchev–Trinajstić information content (AvgIpc) is 3.27. The average molecular weight is 372 g/mol. The zero-order valence-corrected chi connectivity index (χ0v) is 15.6. The Morgan fingerprint density at radius 1 is 1.23 bits per heavy atom. The molecule has 2 N–H and O–H groups in total. The van der Waals surface area contributed by atoms with Gasteiger partial charge in [0.25, 0.3) is 5.91 Å². The van der Waals surface area contributed by atoms with E-state index in [-0.39, 0.29) is 24.3 Å². The molecule has 2 aromatic rings. The highest BCUT2D eigenvalue weighted by Crippen LogP contribution is 2.33. The SMILES string of the molecule is NC(=O)Cn1ccnc1C1CCN(C(=O)c2csc3c2CCCC3)CC1. The predicted octanol–water partition coefficient (Wildman–Crippen LogP) is 2.33. The molecule has 0 aromatic carbocycles. The van der Waals surface area contributed by atoms with Gasteiger partial charge in [0.2, 0.25) is 5.91 Å². The largest absolute Gasteiger partial charge is 0.368 e. The van der Waals surface area contributed by atoms with Crippen LogP contribution in [-0.4, -0.2) is 39.4 Å². The summed E-state index contributed by atoms with van der Waals surface area (Å²) >= 11 is 1.75. The number of imidazole rings is 1. The van der Waals surface area contributed by atoms with Crippen molar-refractivity contribution in [2.24, 2.45) is 5.73 Å². The van der Waals surface area contributed by atoms with Crippen LogP contribution in [-0.2, 0) is 24.2 Å². The molecule has 1 aliphatic heterocycles. The maximum atomic E-state index is 13.0. The molecule has 2 aromatic heterocycles. The molecule has 2 aliphatic rings. The van der Waals surface area contributed by atoms with E-state index in [1.807, 2.05) is 9.47 Å². The van der Waals surface area contributed by atoms with Gasteiger partial charge in [0.15, 0.2) is 0 Å². The zero-order chi connectivity index (χ0) is 18.1. The Morgan fingerprint density at radius 3 is 2.77 bits per heavy atom. The van der Waals surface area contributed by atoms with E-state index in [0.717, 1.165) is 50.2 Å². The van der Waals surface area contributed by atoms with Gasteiger partial charge < -0.3 is 15.2 Å². The molecule has 4 rings (SSSR count). The quantitative estimate of drug-likeness (QED) is 0.894. The summed E-state index contributed by atoms with van der Waals surface area (Å²) in [5.74, 6) is 0.996. The molecule has 1 aliphatic carbocycles. The number of hydrogen-bond donors (Lipinski definition) is 1. The van der Waals surface area contributed by atoms with Crippen molar-refractivity contribution in [1.82, 2.24) is 14.5 Å². The van der Waals surface area contributed by atoms with E-state index >= 15 is 0 Å². The Labute approximate surface area is 157 Å². The summed E-state index contributed by atoms with van der Waals surface area (Å²) in [6.45, 7) is 1.63. The summed E-state index contributed by atoms with van der Waals surface area (Å²) < 4.78 is 1.83. The van der Waals surface area contributed by atoms with Gasteiger partial charge in [-0.05, 0) is 44.1 Å². The number of nitrogens with two attached hydrogens (primary N) is 1. The molecule has 6 nitrogen and oxygen atoms in total. The lowest BCUT2D eigenvalue weighted by Crippen LogP contribution is -2.38. The number of aromatic nitrogens is 2. The Morgan fingerprint density at radius 2 is 2.00 bits per heavy atom. The van der Waals surface area contributed by atoms with E-state index in [1.54, 1.807) is 23.7 Å². The Balaban J connectivity index is 1.42. The number of carbonyl (C=O) groups excluding carboxylic acids is 2. The predicted molar refractivity (Wildman–Crippen MR) is 100 cm³/mol. The van der Waals surface area contributed by atoms with Crippen molar-refractivity contribution in [2.75, 3.05) is 13.1 Å². The maximum Gasteiger partial charge on any atom is 0.254 e. The monoisotopic (exact) mass is 372 g/mol. The number of thiophene rings is 1. The van der Waals surface area contributed by atoms with Gasteiger partial charge in [0, 0.05) is 41.7 Å². The number of amides is 2. The number of likely N-dealkylation sites (tertiary alicyclic amines) is 1. The second-order valence-electron chi connectivity index (χ2n) is 7.20. The summed E-state index contributed by atoms with van der Waals surface area (Å²) in [6.07, 6.45) is 9.85. The van der Waals surface area contributed by atoms with E-state index in [2.05, 4.69) is 10.4 Å². The van der Waals surface area contributed by atoms with Crippen molar-refractivity contribution in [3.8, 4) is 0 Å². The van der Waals surface area contributed by atoms with Crippen molar-refractivity contribution >= 4 is 23.2 Å². The standard InChI is InChI=1S/C19H24N4O2S/c20-17(24)11-23-10-7-21-18(23)13-5-8-22(9-6-13)19(25)15-12-26-16-4-2-1-3-14(15)16/h7,10,12-13H,1-6,8-9,11H2,(H2,20,24). The number of rotatable bonds is 4. The van der Waals surface area contributed by atoms with Gasteiger partial charge in [-0.15, -0.1) is 11.3 Å². The third-order valence-corrected chi connectivity index (χ3v) is 6.60. The lowest BCUT2D eigenvalue weighted by atomic mass is 9.93. The van der Waals surface area contributed by atoms with E-state index in [1.165, 1.54) is 23.3 Å². The number of piperidine rings is 1. The molecule has 0 saturated carbocycles. The molecule has 1 saturated heterocycles. The molecular weight excluding hydrogens is 348 g/mol. The molecule has 138 valence electrons. The fraction of sp³-hybridized carbons (Fsp3) is 0.526. The lowest BCUT2D eigenvalue weighted by Gasteiger charge is -2.32. The summed E-state index contributed by atoms with van der Waals surface area (Å²) in [5.41, 5.74) is 7.54. The first-order chi connectivity index (χ1) is 12.6. The molecule has 0 radical (unpaired) electrons. The van der Waals surface area contributed by atoms with E-state index in [0.29, 0.717) is 0 Å². The molecule has 2 amide bonds. The minimum atomic E-state index is -0.362. The number of fused-ring (bicyclic) bond motifs is 1. The fourth-order valence-corrected chi connectivity index (χ4v) is 5.29. The molecule has 7 heteroatoms. The van der Waals surface area contributed by atoms with Gasteiger partial charge in [-0.3, -0.25) is 9.59 Å². The van der Waals surface area contributed by atoms with Crippen molar-refractivity contribution in [1.29, 1.82) is 0 Å². The fourth-order valence-electron chi connectivity index (χ4n) is 4.17. The normalized spacial score (nSPS) is 17.9. The summed E-state index contributed by atoms with van der Waals surface area (Å²) in [7, 11) is 0. The van der Waals surface area contributed by atoms with Crippen LogP contribution in [0.25, 0.3) is 0 Å². The first kappa shape index (κ1) is 17.3. The molecule has 1 fully saturated rings. The lowest BCUT2D eigenvalue weighted by molar-refractivity contribution is -0.118. The topological polar surface area (TPSA) is 81.2 Å². The van der Waals surface area contributed by atoms with E-state index in [4.69, 9.17) is 5.73 Å². The van der Waals surface area contributed by atoms with Crippen LogP contribution in [0.15, 0.2) is 17.8 Å². The molecule has 0 bridgehead atoms. The van der Waals surface area contributed by atoms with E-state index in [9.17, 15) is 9.59 Å². The number of primary amides is 1. The van der Waals surface area contributed by atoms with Crippen LogP contribution < -0.4 is 5.73 Å². The van der Waals surface area contributed by atoms with Crippen LogP contribution >= 0.6 is 11.3 Å². The van der Waals surface area contributed by atoms with Crippen molar-refractivity contribution in [2.45, 2.75) is 51.0 Å². The first-order valence-electron chi connectivity index (χ1n) is 9.31. The highest BCUT2D eigenvalue weighted by Gasteiger charge is 2.29. The van der Waals surface area contributed by atoms with Crippen LogP contribution in [0.3, 0.4) is 0 Å². The zero-order valence-electron chi connectivity index (χ0n) is 14.8. The summed E-state index contributed by atoms with van der Waals surface area (Å²) in [5, 5.41) is 2.06. The van der Waals surface area contributed by atoms with Crippen LogP contribution in [0, 0.1) is 0 Å². The maximum absolute atomic E-state index is 13.0. The number of aryl methyl sites for hydroxylation is 1. The molecule has 0 spiro atoms. The van der Waals surface area contributed by atoms with Crippen LogP contribution in [0.4, 0.5) is 0 Å². The Hall–Kier alpha value is -2.15. The Bertz CT molecular complexity index is 817. The molecular formula is C19H24N4O2S. The van der Waals surface area contributed by atoms with Crippen molar-refractivity contribution < 1.29 is 9.59 Å². The summed E-state index contributed by atoms with van der Waals surface area (Å²) in [4.78, 5) is 32.0. The minimum Gasteiger partial charge on any atom is -0.368 e. The van der Waals surface area contributed by atoms with Crippen molar-refractivity contribution in [3.05, 3.63) is 39.6 Å². The molecule has 3 heterocycles. The third kappa shape index (κ3) is 3.28. The number of carbonyl (C=O) groups is 2. The third-order valence-electron chi connectivity index (χ3n) is 5.51. The van der Waals surface area contributed by atoms with Gasteiger partial charge in [0.1, 0.15) is 12.4 Å². The molecule has 0 atom stereocenters. The highest BCUT2D eigenvalue weighted by atomic mass is 32.1. The minimum absolute atomic E-state index is 0.162. The molecule has 0 unspecified atom stereocenters. The smallest absolute Gasteiger partial charge is 0.254 e. The second kappa shape index (κ2) is 7.23. The number of hydrogen-bond acceptors (Lipinski definition) is 4. The Kier molecular flexibility index (Phi) is 4.80. The summed E-state index contributed by atoms with van der Waals surface area (Å²) in [6, 6.07) is 0.